The SMILES string of the molecule is C=C/C=c1\c(=C/C)c2ccccc2c2ccccc12.CC. The Morgan fingerprint density at radius 3 is 1.57 bits per heavy atom. The molecule has 0 aliphatic heterocycles. The van der Waals surface area contributed by atoms with Gasteiger partial charge in [0.05, 0.1) is 0 Å². The van der Waals surface area contributed by atoms with Gasteiger partial charge in [-0.1, -0.05) is 87.2 Å². The van der Waals surface area contributed by atoms with E-state index in [2.05, 4.69) is 74.2 Å². The fraction of sp³-hybridized carbons (Fsp3) is 0.143. The normalized spacial score (nSPS) is 12.3. The quantitative estimate of drug-likeness (QED) is 0.560. The fourth-order valence-corrected chi connectivity index (χ4v) is 2.80. The van der Waals surface area contributed by atoms with E-state index in [0.717, 1.165) is 0 Å². The molecule has 0 N–H and O–H groups in total. The van der Waals surface area contributed by atoms with E-state index in [-0.39, 0.29) is 0 Å². The number of hydrogen-bond acceptors (Lipinski definition) is 0. The summed E-state index contributed by atoms with van der Waals surface area (Å²) in [6.07, 6.45) is 6.15. The summed E-state index contributed by atoms with van der Waals surface area (Å²) in [7, 11) is 0. The summed E-state index contributed by atoms with van der Waals surface area (Å²) in [4.78, 5) is 0. The third-order valence-corrected chi connectivity index (χ3v) is 3.59. The molecule has 0 aliphatic rings. The van der Waals surface area contributed by atoms with Crippen molar-refractivity contribution in [2.45, 2.75) is 20.8 Å². The number of fused-ring (bicyclic) bond motifs is 3. The highest BCUT2D eigenvalue weighted by Crippen LogP contribution is 2.19. The molecule has 0 heteroatoms. The molecule has 0 heterocycles. The van der Waals surface area contributed by atoms with Crippen LogP contribution < -0.4 is 10.4 Å². The number of benzene rings is 3. The standard InChI is InChI=1S/C19H16.C2H6/c1-3-9-15-14(4-2)16-10-5-6-12-18(16)19-13-8-7-11-17(15)19;1-2/h3-13H,1H2,2H3;1-2H3/b14-4+,15-9+;. The number of allylic oxidation sites excluding steroid dienone is 1. The van der Waals surface area contributed by atoms with Gasteiger partial charge in [0.15, 0.2) is 0 Å². The summed E-state index contributed by atoms with van der Waals surface area (Å²) >= 11 is 0. The Bertz CT molecular complexity index is 883. The van der Waals surface area contributed by atoms with Crippen molar-refractivity contribution in [3.63, 3.8) is 0 Å². The van der Waals surface area contributed by atoms with E-state index >= 15 is 0 Å². The smallest absolute Gasteiger partial charge is 0.00990 e. The zero-order valence-corrected chi connectivity index (χ0v) is 13.1. The molecule has 0 amide bonds. The molecular formula is C21H22. The monoisotopic (exact) mass is 274 g/mol. The van der Waals surface area contributed by atoms with Crippen LogP contribution in [0.5, 0.6) is 0 Å². The van der Waals surface area contributed by atoms with Gasteiger partial charge in [-0.15, -0.1) is 0 Å². The van der Waals surface area contributed by atoms with Gasteiger partial charge >= 0.3 is 0 Å². The Hall–Kier alpha value is -2.34. The topological polar surface area (TPSA) is 0 Å². The molecule has 0 spiro atoms. The number of hydrogen-bond donors (Lipinski definition) is 0. The van der Waals surface area contributed by atoms with Crippen LogP contribution in [0.1, 0.15) is 20.8 Å². The van der Waals surface area contributed by atoms with Crippen LogP contribution in [-0.2, 0) is 0 Å². The Labute approximate surface area is 126 Å². The molecule has 0 aromatic heterocycles. The first kappa shape index (κ1) is 15.1. The summed E-state index contributed by atoms with van der Waals surface area (Å²) < 4.78 is 0. The van der Waals surface area contributed by atoms with Crippen molar-refractivity contribution < 1.29 is 0 Å². The predicted molar refractivity (Wildman–Crippen MR) is 96.9 cm³/mol. The van der Waals surface area contributed by atoms with Crippen molar-refractivity contribution in [3.8, 4) is 0 Å². The minimum absolute atomic E-state index is 1.26. The van der Waals surface area contributed by atoms with Crippen LogP contribution in [-0.4, -0.2) is 0 Å². The average Bonchev–Trinajstić information content (AvgIpc) is 2.57. The summed E-state index contributed by atoms with van der Waals surface area (Å²) in [6, 6.07) is 17.2. The van der Waals surface area contributed by atoms with Gasteiger partial charge in [0, 0.05) is 0 Å². The first-order valence-electron chi connectivity index (χ1n) is 7.55. The van der Waals surface area contributed by atoms with Gasteiger partial charge in [-0.05, 0) is 38.9 Å². The predicted octanol–water partition coefficient (Wildman–Crippen LogP) is 4.79. The molecule has 0 atom stereocenters. The molecule has 0 unspecified atom stereocenters. The zero-order valence-electron chi connectivity index (χ0n) is 13.1. The van der Waals surface area contributed by atoms with E-state index in [1.807, 2.05) is 19.9 Å². The lowest BCUT2D eigenvalue weighted by molar-refractivity contribution is 1.50. The van der Waals surface area contributed by atoms with Crippen LogP contribution in [0.25, 0.3) is 33.7 Å². The van der Waals surface area contributed by atoms with E-state index in [4.69, 9.17) is 0 Å². The van der Waals surface area contributed by atoms with E-state index < -0.39 is 0 Å². The van der Waals surface area contributed by atoms with Gasteiger partial charge in [0.25, 0.3) is 0 Å². The van der Waals surface area contributed by atoms with Crippen LogP contribution in [0, 0.1) is 0 Å². The Balaban J connectivity index is 0.000000774. The molecule has 3 aromatic rings. The second-order valence-corrected chi connectivity index (χ2v) is 4.61. The summed E-state index contributed by atoms with van der Waals surface area (Å²) in [6.45, 7) is 9.94. The zero-order chi connectivity index (χ0) is 15.2. The van der Waals surface area contributed by atoms with Gasteiger partial charge in [-0.2, -0.15) is 0 Å². The molecule has 3 aromatic carbocycles. The lowest BCUT2D eigenvalue weighted by atomic mass is 9.97. The van der Waals surface area contributed by atoms with Gasteiger partial charge in [0.2, 0.25) is 0 Å². The van der Waals surface area contributed by atoms with Crippen molar-refractivity contribution >= 4 is 33.7 Å². The molecule has 106 valence electrons. The van der Waals surface area contributed by atoms with Crippen LogP contribution in [0.4, 0.5) is 0 Å². The second-order valence-electron chi connectivity index (χ2n) is 4.61. The minimum Gasteiger partial charge on any atom is -0.0990 e. The second kappa shape index (κ2) is 6.90. The third kappa shape index (κ3) is 2.62. The number of rotatable bonds is 1. The summed E-state index contributed by atoms with van der Waals surface area (Å²) in [5.41, 5.74) is 0. The molecule has 0 saturated heterocycles. The molecule has 0 bridgehead atoms. The van der Waals surface area contributed by atoms with E-state index in [1.54, 1.807) is 0 Å². The summed E-state index contributed by atoms with van der Waals surface area (Å²) in [5, 5.41) is 7.75. The van der Waals surface area contributed by atoms with Crippen molar-refractivity contribution in [3.05, 3.63) is 71.6 Å². The molecule has 21 heavy (non-hydrogen) atoms. The third-order valence-electron chi connectivity index (χ3n) is 3.59. The summed E-state index contributed by atoms with van der Waals surface area (Å²) in [5.74, 6) is 0. The molecule has 0 aliphatic carbocycles. The molecule has 0 fully saturated rings. The Morgan fingerprint density at radius 1 is 0.714 bits per heavy atom. The molecule has 0 nitrogen and oxygen atoms in total. The van der Waals surface area contributed by atoms with E-state index in [9.17, 15) is 0 Å². The molecule has 0 saturated carbocycles. The highest BCUT2D eigenvalue weighted by molar-refractivity contribution is 6.08. The molecule has 0 radical (unpaired) electrons. The van der Waals surface area contributed by atoms with Crippen molar-refractivity contribution in [1.82, 2.24) is 0 Å². The van der Waals surface area contributed by atoms with Gasteiger partial charge in [-0.25, -0.2) is 0 Å². The van der Waals surface area contributed by atoms with Crippen LogP contribution in [0.2, 0.25) is 0 Å². The van der Waals surface area contributed by atoms with E-state index in [1.165, 1.54) is 32.0 Å². The minimum atomic E-state index is 1.26. The van der Waals surface area contributed by atoms with Gasteiger partial charge in [-0.3, -0.25) is 0 Å². The Morgan fingerprint density at radius 2 is 1.14 bits per heavy atom. The van der Waals surface area contributed by atoms with Crippen LogP contribution in [0.15, 0.2) is 61.2 Å². The lowest BCUT2D eigenvalue weighted by Gasteiger charge is -2.06. The average molecular weight is 274 g/mol. The highest BCUT2D eigenvalue weighted by Gasteiger charge is 2.03. The largest absolute Gasteiger partial charge is 0.0990 e. The fourth-order valence-electron chi connectivity index (χ4n) is 2.80. The van der Waals surface area contributed by atoms with Crippen LogP contribution >= 0.6 is 0 Å². The molecular weight excluding hydrogens is 252 g/mol. The Kier molecular flexibility index (Phi) is 4.94. The maximum atomic E-state index is 3.85. The van der Waals surface area contributed by atoms with Crippen molar-refractivity contribution in [2.75, 3.05) is 0 Å². The maximum absolute atomic E-state index is 3.85. The molecule has 3 rings (SSSR count). The lowest BCUT2D eigenvalue weighted by Crippen LogP contribution is -2.26. The highest BCUT2D eigenvalue weighted by atomic mass is 14.1. The first-order valence-corrected chi connectivity index (χ1v) is 7.55. The van der Waals surface area contributed by atoms with Crippen molar-refractivity contribution in [2.24, 2.45) is 0 Å². The van der Waals surface area contributed by atoms with Crippen molar-refractivity contribution in [1.29, 1.82) is 0 Å². The van der Waals surface area contributed by atoms with E-state index in [0.29, 0.717) is 0 Å². The maximum Gasteiger partial charge on any atom is -0.00990 e. The van der Waals surface area contributed by atoms with Crippen LogP contribution in [0.3, 0.4) is 0 Å². The first-order chi connectivity index (χ1) is 10.4. The van der Waals surface area contributed by atoms with Gasteiger partial charge in [0.1, 0.15) is 0 Å². The van der Waals surface area contributed by atoms with Gasteiger partial charge < -0.3 is 0 Å².